The van der Waals surface area contributed by atoms with Gasteiger partial charge in [0.05, 0.1) is 0 Å². The SMILES string of the molecule is CC1(C)c2cc(-c3ccc4c(c3)-c3cccc5c3C(CC=C5)O4)ccc2-c2c1c(-c1cccc3ccccc13)cc1ccccc21. The fourth-order valence-corrected chi connectivity index (χ4v) is 8.58. The Hall–Kier alpha value is -5.40. The van der Waals surface area contributed by atoms with Gasteiger partial charge in [-0.05, 0) is 101 Å². The minimum atomic E-state index is -0.188. The Kier molecular flexibility index (Phi) is 5.24. The molecule has 0 bridgehead atoms. The maximum atomic E-state index is 6.56. The van der Waals surface area contributed by atoms with Crippen LogP contribution in [0.25, 0.3) is 72.1 Å². The molecule has 1 aliphatic heterocycles. The van der Waals surface area contributed by atoms with Crippen molar-refractivity contribution in [1.82, 2.24) is 0 Å². The Morgan fingerprint density at radius 3 is 2.24 bits per heavy atom. The molecular weight excluding hydrogens is 556 g/mol. The summed E-state index contributed by atoms with van der Waals surface area (Å²) in [6.07, 6.45) is 5.49. The molecule has 0 N–H and O–H groups in total. The van der Waals surface area contributed by atoms with Crippen LogP contribution in [0.5, 0.6) is 5.75 Å². The van der Waals surface area contributed by atoms with Gasteiger partial charge < -0.3 is 4.74 Å². The van der Waals surface area contributed by atoms with Gasteiger partial charge in [-0.1, -0.05) is 129 Å². The van der Waals surface area contributed by atoms with Gasteiger partial charge in [0, 0.05) is 23.0 Å². The molecule has 1 heterocycles. The zero-order valence-corrected chi connectivity index (χ0v) is 26.0. The summed E-state index contributed by atoms with van der Waals surface area (Å²) in [5.41, 5.74) is 15.5. The predicted octanol–water partition coefficient (Wildman–Crippen LogP) is 12.2. The molecule has 7 aromatic carbocycles. The molecule has 10 rings (SSSR count). The normalized spacial score (nSPS) is 16.4. The summed E-state index contributed by atoms with van der Waals surface area (Å²) in [4.78, 5) is 0. The van der Waals surface area contributed by atoms with E-state index in [1.165, 1.54) is 88.3 Å². The van der Waals surface area contributed by atoms with Crippen LogP contribution in [0.2, 0.25) is 0 Å². The number of hydrogen-bond acceptors (Lipinski definition) is 1. The first kappa shape index (κ1) is 25.9. The second-order valence-corrected chi connectivity index (χ2v) is 13.6. The van der Waals surface area contributed by atoms with E-state index >= 15 is 0 Å². The van der Waals surface area contributed by atoms with Crippen molar-refractivity contribution in [3.63, 3.8) is 0 Å². The van der Waals surface area contributed by atoms with Gasteiger partial charge in [-0.15, -0.1) is 0 Å². The molecule has 1 nitrogen and oxygen atoms in total. The molecular formula is C45H32O. The van der Waals surface area contributed by atoms with Gasteiger partial charge in [0.1, 0.15) is 11.9 Å². The largest absolute Gasteiger partial charge is 0.485 e. The molecule has 0 fully saturated rings. The van der Waals surface area contributed by atoms with E-state index in [9.17, 15) is 0 Å². The minimum Gasteiger partial charge on any atom is -0.485 e. The number of fused-ring (bicyclic) bond motifs is 8. The van der Waals surface area contributed by atoms with Crippen molar-refractivity contribution in [2.75, 3.05) is 0 Å². The Morgan fingerprint density at radius 1 is 0.587 bits per heavy atom. The summed E-state index contributed by atoms with van der Waals surface area (Å²) in [7, 11) is 0. The zero-order chi connectivity index (χ0) is 30.6. The summed E-state index contributed by atoms with van der Waals surface area (Å²) < 4.78 is 6.56. The number of hydrogen-bond donors (Lipinski definition) is 0. The topological polar surface area (TPSA) is 9.23 Å². The highest BCUT2D eigenvalue weighted by molar-refractivity contribution is 6.09. The van der Waals surface area contributed by atoms with Gasteiger partial charge in [-0.3, -0.25) is 0 Å². The third-order valence-electron chi connectivity index (χ3n) is 10.7. The number of ether oxygens (including phenoxy) is 1. The summed E-state index contributed by atoms with van der Waals surface area (Å²) in [5.74, 6) is 0.980. The standard InChI is InChI=1S/C45H32O/c1-45(2)39-26-30(29-21-23-40-37(24-29)35-18-8-13-28-14-9-19-41(46-40)42(28)35)20-22-36(39)43-33-16-6-4-11-31(33)25-38(44(43)45)34-17-7-12-27-10-3-5-15-32(27)34/h3-18,20-26,41H,19H2,1-2H3. The summed E-state index contributed by atoms with van der Waals surface area (Å²) in [6.45, 7) is 4.82. The molecule has 46 heavy (non-hydrogen) atoms. The van der Waals surface area contributed by atoms with Crippen LogP contribution in [-0.2, 0) is 5.41 Å². The first-order valence-electron chi connectivity index (χ1n) is 16.4. The van der Waals surface area contributed by atoms with Crippen LogP contribution < -0.4 is 4.74 Å². The molecule has 218 valence electrons. The Morgan fingerprint density at radius 2 is 1.33 bits per heavy atom. The van der Waals surface area contributed by atoms with E-state index in [4.69, 9.17) is 4.74 Å². The van der Waals surface area contributed by atoms with Gasteiger partial charge in [-0.2, -0.15) is 0 Å². The third-order valence-corrected chi connectivity index (χ3v) is 10.7. The minimum absolute atomic E-state index is 0.0969. The molecule has 0 saturated carbocycles. The summed E-state index contributed by atoms with van der Waals surface area (Å²) in [5, 5.41) is 5.18. The lowest BCUT2D eigenvalue weighted by Crippen LogP contribution is -2.17. The first-order chi connectivity index (χ1) is 22.6. The average Bonchev–Trinajstić information content (AvgIpc) is 3.34. The van der Waals surface area contributed by atoms with E-state index in [0.717, 1.165) is 12.2 Å². The third kappa shape index (κ3) is 3.52. The van der Waals surface area contributed by atoms with Crippen LogP contribution in [0.4, 0.5) is 0 Å². The quantitative estimate of drug-likeness (QED) is 0.195. The molecule has 7 aromatic rings. The van der Waals surface area contributed by atoms with Gasteiger partial charge in [-0.25, -0.2) is 0 Å². The highest BCUT2D eigenvalue weighted by atomic mass is 16.5. The van der Waals surface area contributed by atoms with Gasteiger partial charge in [0.25, 0.3) is 0 Å². The number of benzene rings is 7. The van der Waals surface area contributed by atoms with E-state index in [1.54, 1.807) is 0 Å². The fraction of sp³-hybridized carbons (Fsp3) is 0.111. The maximum absolute atomic E-state index is 6.56. The Labute approximate surface area is 269 Å². The summed E-state index contributed by atoms with van der Waals surface area (Å²) >= 11 is 0. The number of rotatable bonds is 2. The van der Waals surface area contributed by atoms with E-state index in [1.807, 2.05) is 0 Å². The van der Waals surface area contributed by atoms with Crippen LogP contribution in [0.1, 0.15) is 48.6 Å². The van der Waals surface area contributed by atoms with E-state index in [2.05, 4.69) is 153 Å². The lowest BCUT2D eigenvalue weighted by molar-refractivity contribution is 0.204. The van der Waals surface area contributed by atoms with Crippen LogP contribution in [0.15, 0.2) is 133 Å². The Balaban J connectivity index is 1.17. The van der Waals surface area contributed by atoms with Crippen molar-refractivity contribution in [2.24, 2.45) is 0 Å². The first-order valence-corrected chi connectivity index (χ1v) is 16.4. The lowest BCUT2D eigenvalue weighted by Gasteiger charge is -2.32. The van der Waals surface area contributed by atoms with Crippen molar-refractivity contribution in [2.45, 2.75) is 31.8 Å². The monoisotopic (exact) mass is 588 g/mol. The average molecular weight is 589 g/mol. The highest BCUT2D eigenvalue weighted by Gasteiger charge is 2.39. The molecule has 1 atom stereocenters. The molecule has 0 spiro atoms. The highest BCUT2D eigenvalue weighted by Crippen LogP contribution is 2.56. The van der Waals surface area contributed by atoms with Crippen LogP contribution in [-0.4, -0.2) is 0 Å². The van der Waals surface area contributed by atoms with Crippen molar-refractivity contribution < 1.29 is 4.74 Å². The Bertz CT molecular complexity index is 2450. The molecule has 0 saturated heterocycles. The fourth-order valence-electron chi connectivity index (χ4n) is 8.58. The predicted molar refractivity (Wildman–Crippen MR) is 192 cm³/mol. The van der Waals surface area contributed by atoms with E-state index in [-0.39, 0.29) is 11.5 Å². The van der Waals surface area contributed by atoms with Crippen molar-refractivity contribution in [3.8, 4) is 50.3 Å². The maximum Gasteiger partial charge on any atom is 0.128 e. The van der Waals surface area contributed by atoms with Gasteiger partial charge in [0.2, 0.25) is 0 Å². The lowest BCUT2D eigenvalue weighted by atomic mass is 9.77. The van der Waals surface area contributed by atoms with Crippen LogP contribution >= 0.6 is 0 Å². The van der Waals surface area contributed by atoms with E-state index in [0.29, 0.717) is 0 Å². The molecule has 0 amide bonds. The smallest absolute Gasteiger partial charge is 0.128 e. The molecule has 2 aliphatic carbocycles. The van der Waals surface area contributed by atoms with Crippen LogP contribution in [0, 0.1) is 0 Å². The molecule has 3 aliphatic rings. The van der Waals surface area contributed by atoms with Crippen molar-refractivity contribution >= 4 is 27.6 Å². The second kappa shape index (κ2) is 9.31. The molecule has 1 unspecified atom stereocenters. The van der Waals surface area contributed by atoms with Gasteiger partial charge >= 0.3 is 0 Å². The van der Waals surface area contributed by atoms with Crippen molar-refractivity contribution in [3.05, 3.63) is 156 Å². The van der Waals surface area contributed by atoms with Gasteiger partial charge in [0.15, 0.2) is 0 Å². The molecule has 1 heteroatoms. The molecule has 0 aromatic heterocycles. The second-order valence-electron chi connectivity index (χ2n) is 13.6. The zero-order valence-electron chi connectivity index (χ0n) is 26.0. The van der Waals surface area contributed by atoms with E-state index < -0.39 is 0 Å². The molecule has 0 radical (unpaired) electrons. The van der Waals surface area contributed by atoms with Crippen molar-refractivity contribution in [1.29, 1.82) is 0 Å². The summed E-state index contributed by atoms with van der Waals surface area (Å²) in [6, 6.07) is 47.4. The van der Waals surface area contributed by atoms with Crippen LogP contribution in [0.3, 0.4) is 0 Å².